The molecule has 1 aliphatic heterocycles. The van der Waals surface area contributed by atoms with Gasteiger partial charge in [-0.05, 0) is 35.7 Å². The lowest BCUT2D eigenvalue weighted by molar-refractivity contribution is 0.599. The van der Waals surface area contributed by atoms with Crippen molar-refractivity contribution in [3.8, 4) is 0 Å². The average Bonchev–Trinajstić information content (AvgIpc) is 2.64. The molecule has 112 valence electrons. The lowest BCUT2D eigenvalue weighted by atomic mass is 9.96. The van der Waals surface area contributed by atoms with Crippen molar-refractivity contribution < 1.29 is 0 Å². The van der Waals surface area contributed by atoms with E-state index in [0.29, 0.717) is 5.92 Å². The first kappa shape index (κ1) is 15.5. The summed E-state index contributed by atoms with van der Waals surface area (Å²) in [6.07, 6.45) is 2.60. The Balaban J connectivity index is 2.23. The van der Waals surface area contributed by atoms with E-state index in [9.17, 15) is 0 Å². The van der Waals surface area contributed by atoms with Crippen LogP contribution in [-0.2, 0) is 6.42 Å². The highest BCUT2D eigenvalue weighted by molar-refractivity contribution is 9.10. The van der Waals surface area contributed by atoms with Crippen LogP contribution in [0.5, 0.6) is 0 Å². The lowest BCUT2D eigenvalue weighted by Gasteiger charge is -2.16. The predicted molar refractivity (Wildman–Crippen MR) is 98.9 cm³/mol. The monoisotopic (exact) mass is 372 g/mol. The molecule has 0 bridgehead atoms. The molecular weight excluding hydrogens is 356 g/mol. The van der Waals surface area contributed by atoms with Crippen LogP contribution in [0.4, 0.5) is 0 Å². The minimum Gasteiger partial charge on any atom is -0.274 e. The molecule has 1 aromatic carbocycles. The third-order valence-corrected chi connectivity index (χ3v) is 4.71. The van der Waals surface area contributed by atoms with Crippen LogP contribution in [0, 0.1) is 5.92 Å². The number of hydrogen-bond acceptors (Lipinski definition) is 3. The zero-order valence-electron chi connectivity index (χ0n) is 12.6. The number of pyridine rings is 1. The molecule has 3 rings (SSSR count). The fraction of sp³-hybridized carbons (Fsp3) is 0.278. The average molecular weight is 373 g/mol. The van der Waals surface area contributed by atoms with Gasteiger partial charge in [-0.3, -0.25) is 9.98 Å². The Hall–Kier alpha value is -1.39. The Morgan fingerprint density at radius 1 is 1.23 bits per heavy atom. The maximum Gasteiger partial charge on any atom is 0.0914 e. The van der Waals surface area contributed by atoms with E-state index in [2.05, 4.69) is 53.0 Å². The van der Waals surface area contributed by atoms with E-state index in [1.165, 1.54) is 5.56 Å². The number of hydrogen-bond donors (Lipinski definition) is 0. The summed E-state index contributed by atoms with van der Waals surface area (Å²) in [6, 6.07) is 12.3. The number of aromatic nitrogens is 1. The molecule has 2 aromatic rings. The zero-order chi connectivity index (χ0) is 15.7. The number of fused-ring (bicyclic) bond motifs is 1. The fourth-order valence-electron chi connectivity index (χ4n) is 2.72. The number of rotatable bonds is 2. The lowest BCUT2D eigenvalue weighted by Crippen LogP contribution is -2.24. The number of benzene rings is 1. The van der Waals surface area contributed by atoms with Crippen molar-refractivity contribution >= 4 is 38.7 Å². The molecule has 0 radical (unpaired) electrons. The molecule has 1 aromatic heterocycles. The largest absolute Gasteiger partial charge is 0.274 e. The van der Waals surface area contributed by atoms with Gasteiger partial charge >= 0.3 is 0 Å². The molecule has 0 unspecified atom stereocenters. The molecule has 1 aliphatic rings. The summed E-state index contributed by atoms with van der Waals surface area (Å²) in [5, 5.41) is 0. The molecule has 2 heterocycles. The minimum atomic E-state index is 0.0539. The molecule has 0 aliphatic carbocycles. The normalized spacial score (nSPS) is 17.9. The Kier molecular flexibility index (Phi) is 4.50. The molecule has 0 spiro atoms. The van der Waals surface area contributed by atoms with Crippen molar-refractivity contribution in [1.29, 1.82) is 0 Å². The van der Waals surface area contributed by atoms with E-state index in [0.717, 1.165) is 32.7 Å². The van der Waals surface area contributed by atoms with Crippen molar-refractivity contribution in [1.82, 2.24) is 4.98 Å². The van der Waals surface area contributed by atoms with Gasteiger partial charge in [-0.15, -0.1) is 0 Å². The first-order chi connectivity index (χ1) is 10.6. The van der Waals surface area contributed by atoms with E-state index in [-0.39, 0.29) is 6.04 Å². The quantitative estimate of drug-likeness (QED) is 0.717. The van der Waals surface area contributed by atoms with Crippen LogP contribution < -0.4 is 0 Å². The molecule has 4 heteroatoms. The summed E-state index contributed by atoms with van der Waals surface area (Å²) < 4.78 is 1.05. The fourth-order valence-corrected chi connectivity index (χ4v) is 3.57. The van der Waals surface area contributed by atoms with Crippen LogP contribution in [0.1, 0.15) is 30.7 Å². The van der Waals surface area contributed by atoms with Gasteiger partial charge < -0.3 is 0 Å². The van der Waals surface area contributed by atoms with E-state index in [1.54, 1.807) is 0 Å². The predicted octanol–water partition coefficient (Wildman–Crippen LogP) is 4.63. The Morgan fingerprint density at radius 2 is 2.05 bits per heavy atom. The maximum atomic E-state index is 5.66. The highest BCUT2D eigenvalue weighted by atomic mass is 79.9. The van der Waals surface area contributed by atoms with Gasteiger partial charge in [0, 0.05) is 27.5 Å². The van der Waals surface area contributed by atoms with Crippen LogP contribution in [0.2, 0.25) is 0 Å². The summed E-state index contributed by atoms with van der Waals surface area (Å²) in [7, 11) is 0. The first-order valence-electron chi connectivity index (χ1n) is 7.37. The van der Waals surface area contributed by atoms with Crippen molar-refractivity contribution in [2.45, 2.75) is 26.3 Å². The summed E-state index contributed by atoms with van der Waals surface area (Å²) >= 11 is 9.23. The Bertz CT molecular complexity index is 738. The second kappa shape index (κ2) is 6.39. The molecular formula is C18H17BrN2S. The van der Waals surface area contributed by atoms with Crippen LogP contribution in [0.15, 0.2) is 52.1 Å². The van der Waals surface area contributed by atoms with E-state index >= 15 is 0 Å². The van der Waals surface area contributed by atoms with Gasteiger partial charge in [-0.25, -0.2) is 0 Å². The third kappa shape index (κ3) is 3.03. The van der Waals surface area contributed by atoms with Crippen LogP contribution >= 0.6 is 28.1 Å². The summed E-state index contributed by atoms with van der Waals surface area (Å²) in [6.45, 7) is 4.34. The number of nitrogens with zero attached hydrogens (tertiary/aromatic N) is 2. The number of halogens is 1. The zero-order valence-corrected chi connectivity index (χ0v) is 15.0. The van der Waals surface area contributed by atoms with Crippen molar-refractivity contribution in [2.24, 2.45) is 10.9 Å². The van der Waals surface area contributed by atoms with Gasteiger partial charge in [0.2, 0.25) is 0 Å². The van der Waals surface area contributed by atoms with Crippen LogP contribution in [-0.4, -0.2) is 21.6 Å². The van der Waals surface area contributed by atoms with Gasteiger partial charge in [-0.2, -0.15) is 0 Å². The SMILES string of the molecule is CC(C)[C@@H]1N=C(c2ccccn2)c2cc(Br)ccc2CC1=S. The number of thiocarbonyl (C=S) groups is 1. The summed E-state index contributed by atoms with van der Waals surface area (Å²) in [5.41, 5.74) is 4.19. The van der Waals surface area contributed by atoms with Gasteiger partial charge in [0.15, 0.2) is 0 Å². The Morgan fingerprint density at radius 3 is 2.73 bits per heavy atom. The van der Waals surface area contributed by atoms with Crippen LogP contribution in [0.25, 0.3) is 0 Å². The van der Waals surface area contributed by atoms with E-state index in [4.69, 9.17) is 17.2 Å². The molecule has 22 heavy (non-hydrogen) atoms. The van der Waals surface area contributed by atoms with Gasteiger partial charge in [0.1, 0.15) is 0 Å². The standard InChI is InChI=1S/C18H17BrN2S/c1-11(2)17-16(22)9-12-6-7-13(19)10-14(12)18(21-17)15-5-3-4-8-20-15/h3-8,10-11,17H,9H2,1-2H3/t17-/m0/s1. The third-order valence-electron chi connectivity index (χ3n) is 3.83. The molecule has 0 amide bonds. The van der Waals surface area contributed by atoms with Gasteiger partial charge in [0.25, 0.3) is 0 Å². The highest BCUT2D eigenvalue weighted by Gasteiger charge is 2.26. The first-order valence-corrected chi connectivity index (χ1v) is 8.57. The number of aliphatic imine (C=N–C) groups is 1. The summed E-state index contributed by atoms with van der Waals surface area (Å²) in [4.78, 5) is 10.5. The van der Waals surface area contributed by atoms with Gasteiger partial charge in [-0.1, -0.05) is 54.1 Å². The highest BCUT2D eigenvalue weighted by Crippen LogP contribution is 2.26. The van der Waals surface area contributed by atoms with E-state index in [1.807, 2.05) is 24.4 Å². The minimum absolute atomic E-state index is 0.0539. The molecule has 0 N–H and O–H groups in total. The second-order valence-corrected chi connectivity index (χ2v) is 7.27. The molecule has 0 saturated carbocycles. The smallest absolute Gasteiger partial charge is 0.0914 e. The molecule has 1 atom stereocenters. The van der Waals surface area contributed by atoms with Crippen LogP contribution in [0.3, 0.4) is 0 Å². The Labute approximate surface area is 144 Å². The second-order valence-electron chi connectivity index (χ2n) is 5.83. The maximum absolute atomic E-state index is 5.66. The van der Waals surface area contributed by atoms with Crippen molar-refractivity contribution in [3.63, 3.8) is 0 Å². The van der Waals surface area contributed by atoms with E-state index < -0.39 is 0 Å². The van der Waals surface area contributed by atoms with Crippen molar-refractivity contribution in [2.75, 3.05) is 0 Å². The summed E-state index contributed by atoms with van der Waals surface area (Å²) in [5.74, 6) is 0.379. The molecule has 0 saturated heterocycles. The van der Waals surface area contributed by atoms with Crippen molar-refractivity contribution in [3.05, 3.63) is 63.9 Å². The van der Waals surface area contributed by atoms with Gasteiger partial charge in [0.05, 0.1) is 17.4 Å². The molecule has 0 fully saturated rings. The molecule has 2 nitrogen and oxygen atoms in total. The topological polar surface area (TPSA) is 25.2 Å².